The minimum atomic E-state index is 0.240. The quantitative estimate of drug-likeness (QED) is 0.824. The second kappa shape index (κ2) is 6.95. The smallest absolute Gasteiger partial charge is 0.119 e. The van der Waals surface area contributed by atoms with Crippen molar-refractivity contribution in [2.75, 3.05) is 7.05 Å². The van der Waals surface area contributed by atoms with Gasteiger partial charge in [-0.15, -0.1) is 0 Å². The molecule has 2 heteroatoms. The molecule has 1 aliphatic rings. The second-order valence-electron chi connectivity index (χ2n) is 5.88. The Morgan fingerprint density at radius 3 is 2.68 bits per heavy atom. The van der Waals surface area contributed by atoms with Crippen molar-refractivity contribution in [2.24, 2.45) is 0 Å². The lowest BCUT2D eigenvalue weighted by atomic mass is 9.87. The monoisotopic (exact) mass is 261 g/mol. The van der Waals surface area contributed by atoms with Crippen molar-refractivity contribution in [3.63, 3.8) is 0 Å². The minimum absolute atomic E-state index is 0.240. The Morgan fingerprint density at radius 2 is 1.95 bits per heavy atom. The molecule has 0 aliphatic heterocycles. The van der Waals surface area contributed by atoms with Crippen LogP contribution in [0.1, 0.15) is 57.4 Å². The Hall–Kier alpha value is -1.02. The molecule has 0 aromatic heterocycles. The van der Waals surface area contributed by atoms with E-state index in [0.717, 1.165) is 5.75 Å². The molecule has 0 heterocycles. The van der Waals surface area contributed by atoms with Gasteiger partial charge < -0.3 is 10.1 Å². The summed E-state index contributed by atoms with van der Waals surface area (Å²) in [6.07, 6.45) is 6.89. The molecule has 106 valence electrons. The molecule has 1 saturated carbocycles. The van der Waals surface area contributed by atoms with Crippen LogP contribution in [-0.4, -0.2) is 19.2 Å². The lowest BCUT2D eigenvalue weighted by Gasteiger charge is -2.25. The standard InChI is InChI=1S/C17H27NO/c1-13(2)19-15-9-7-8-14(12-15)16-10-5-4-6-11-17(16)18-3/h7-9,12-13,16-18H,4-6,10-11H2,1-3H3. The fourth-order valence-corrected chi connectivity index (χ4v) is 3.14. The van der Waals surface area contributed by atoms with E-state index < -0.39 is 0 Å². The van der Waals surface area contributed by atoms with Gasteiger partial charge in [-0.3, -0.25) is 0 Å². The minimum Gasteiger partial charge on any atom is -0.491 e. The van der Waals surface area contributed by atoms with Gasteiger partial charge in [-0.25, -0.2) is 0 Å². The number of ether oxygens (including phenoxy) is 1. The molecule has 0 amide bonds. The highest BCUT2D eigenvalue weighted by atomic mass is 16.5. The molecule has 2 rings (SSSR count). The van der Waals surface area contributed by atoms with Gasteiger partial charge in [0, 0.05) is 6.04 Å². The lowest BCUT2D eigenvalue weighted by molar-refractivity contribution is 0.242. The van der Waals surface area contributed by atoms with Crippen molar-refractivity contribution in [2.45, 2.75) is 64.0 Å². The fourth-order valence-electron chi connectivity index (χ4n) is 3.14. The highest BCUT2D eigenvalue weighted by Crippen LogP contribution is 2.33. The fraction of sp³-hybridized carbons (Fsp3) is 0.647. The highest BCUT2D eigenvalue weighted by Gasteiger charge is 2.24. The molecule has 0 radical (unpaired) electrons. The van der Waals surface area contributed by atoms with Gasteiger partial charge in [0.15, 0.2) is 0 Å². The van der Waals surface area contributed by atoms with Crippen molar-refractivity contribution in [1.82, 2.24) is 5.32 Å². The van der Waals surface area contributed by atoms with Crippen molar-refractivity contribution in [3.8, 4) is 5.75 Å². The number of likely N-dealkylation sites (N-methyl/N-ethyl adjacent to an activating group) is 1. The van der Waals surface area contributed by atoms with Gasteiger partial charge in [-0.05, 0) is 57.4 Å². The number of benzene rings is 1. The van der Waals surface area contributed by atoms with E-state index in [9.17, 15) is 0 Å². The van der Waals surface area contributed by atoms with Crippen LogP contribution in [0.25, 0.3) is 0 Å². The maximum absolute atomic E-state index is 5.83. The molecule has 2 nitrogen and oxygen atoms in total. The summed E-state index contributed by atoms with van der Waals surface area (Å²) in [6, 6.07) is 9.30. The Balaban J connectivity index is 2.18. The summed E-state index contributed by atoms with van der Waals surface area (Å²) in [4.78, 5) is 0. The first kappa shape index (κ1) is 14.4. The highest BCUT2D eigenvalue weighted by molar-refractivity contribution is 5.32. The molecule has 1 aromatic rings. The SMILES string of the molecule is CNC1CCCCCC1c1cccc(OC(C)C)c1. The summed E-state index contributed by atoms with van der Waals surface area (Å²) in [7, 11) is 2.09. The van der Waals surface area contributed by atoms with Crippen molar-refractivity contribution in [3.05, 3.63) is 29.8 Å². The zero-order valence-corrected chi connectivity index (χ0v) is 12.5. The van der Waals surface area contributed by atoms with Gasteiger partial charge in [0.05, 0.1) is 6.10 Å². The summed E-state index contributed by atoms with van der Waals surface area (Å²) in [5.74, 6) is 1.63. The first-order valence-electron chi connectivity index (χ1n) is 7.64. The second-order valence-corrected chi connectivity index (χ2v) is 5.88. The number of nitrogens with one attached hydrogen (secondary N) is 1. The molecule has 1 N–H and O–H groups in total. The van der Waals surface area contributed by atoms with Gasteiger partial charge in [0.25, 0.3) is 0 Å². The van der Waals surface area contributed by atoms with E-state index in [-0.39, 0.29) is 6.10 Å². The molecule has 19 heavy (non-hydrogen) atoms. The van der Waals surface area contributed by atoms with E-state index in [4.69, 9.17) is 4.74 Å². The summed E-state index contributed by atoms with van der Waals surface area (Å²) < 4.78 is 5.83. The van der Waals surface area contributed by atoms with Gasteiger partial charge in [0.1, 0.15) is 5.75 Å². The zero-order chi connectivity index (χ0) is 13.7. The molecule has 0 bridgehead atoms. The first-order chi connectivity index (χ1) is 9.20. The van der Waals surface area contributed by atoms with Gasteiger partial charge in [-0.2, -0.15) is 0 Å². The molecule has 0 spiro atoms. The van der Waals surface area contributed by atoms with E-state index in [0.29, 0.717) is 12.0 Å². The van der Waals surface area contributed by atoms with Crippen LogP contribution in [0.15, 0.2) is 24.3 Å². The van der Waals surface area contributed by atoms with Gasteiger partial charge in [0.2, 0.25) is 0 Å². The van der Waals surface area contributed by atoms with Crippen LogP contribution in [0.4, 0.5) is 0 Å². The van der Waals surface area contributed by atoms with E-state index in [1.54, 1.807) is 0 Å². The lowest BCUT2D eigenvalue weighted by Crippen LogP contribution is -2.31. The van der Waals surface area contributed by atoms with Crippen molar-refractivity contribution >= 4 is 0 Å². The van der Waals surface area contributed by atoms with Crippen LogP contribution < -0.4 is 10.1 Å². The maximum Gasteiger partial charge on any atom is 0.119 e. The van der Waals surface area contributed by atoms with E-state index in [1.165, 1.54) is 37.7 Å². The first-order valence-corrected chi connectivity index (χ1v) is 7.64. The van der Waals surface area contributed by atoms with Crippen LogP contribution in [-0.2, 0) is 0 Å². The average Bonchev–Trinajstić information content (AvgIpc) is 2.63. The molecule has 1 aliphatic carbocycles. The van der Waals surface area contributed by atoms with Crippen LogP contribution in [0.5, 0.6) is 5.75 Å². The molecule has 0 saturated heterocycles. The topological polar surface area (TPSA) is 21.3 Å². The molecule has 1 fully saturated rings. The number of hydrogen-bond acceptors (Lipinski definition) is 2. The third-order valence-corrected chi connectivity index (χ3v) is 4.04. The third kappa shape index (κ3) is 3.97. The predicted molar refractivity (Wildman–Crippen MR) is 80.9 cm³/mol. The van der Waals surface area contributed by atoms with E-state index in [1.807, 2.05) is 0 Å². The summed E-state index contributed by atoms with van der Waals surface area (Å²) in [6.45, 7) is 4.16. The van der Waals surface area contributed by atoms with Gasteiger partial charge >= 0.3 is 0 Å². The molecular formula is C17H27NO. The van der Waals surface area contributed by atoms with E-state index >= 15 is 0 Å². The largest absolute Gasteiger partial charge is 0.491 e. The van der Waals surface area contributed by atoms with Crippen LogP contribution >= 0.6 is 0 Å². The predicted octanol–water partition coefficient (Wildman–Crippen LogP) is 4.11. The molecular weight excluding hydrogens is 234 g/mol. The van der Waals surface area contributed by atoms with E-state index in [2.05, 4.69) is 50.5 Å². The Bertz CT molecular complexity index is 389. The number of hydrogen-bond donors (Lipinski definition) is 1. The van der Waals surface area contributed by atoms with Crippen LogP contribution in [0.3, 0.4) is 0 Å². The number of rotatable bonds is 4. The Kier molecular flexibility index (Phi) is 5.26. The average molecular weight is 261 g/mol. The van der Waals surface area contributed by atoms with Crippen LogP contribution in [0, 0.1) is 0 Å². The van der Waals surface area contributed by atoms with Crippen molar-refractivity contribution < 1.29 is 4.74 Å². The van der Waals surface area contributed by atoms with Gasteiger partial charge in [-0.1, -0.05) is 31.4 Å². The van der Waals surface area contributed by atoms with Crippen molar-refractivity contribution in [1.29, 1.82) is 0 Å². The normalized spacial score (nSPS) is 24.2. The zero-order valence-electron chi connectivity index (χ0n) is 12.5. The molecule has 2 atom stereocenters. The maximum atomic E-state index is 5.83. The summed E-state index contributed by atoms with van der Waals surface area (Å²) in [5.41, 5.74) is 1.43. The Morgan fingerprint density at radius 1 is 1.16 bits per heavy atom. The molecule has 1 aromatic carbocycles. The Labute approximate surface area is 117 Å². The van der Waals surface area contributed by atoms with Crippen LogP contribution in [0.2, 0.25) is 0 Å². The summed E-state index contributed by atoms with van der Waals surface area (Å²) in [5, 5.41) is 3.51. The summed E-state index contributed by atoms with van der Waals surface area (Å²) >= 11 is 0. The molecule has 2 unspecified atom stereocenters. The third-order valence-electron chi connectivity index (χ3n) is 4.04.